The molecule has 1 aliphatic rings. The molecule has 8 heteroatoms. The summed E-state index contributed by atoms with van der Waals surface area (Å²) in [6, 6.07) is 9.28. The number of carbonyl (C=O) groups is 2. The number of ether oxygens (including phenoxy) is 1. The summed E-state index contributed by atoms with van der Waals surface area (Å²) in [4.78, 5) is 30.5. The van der Waals surface area contributed by atoms with Crippen molar-refractivity contribution in [3.8, 4) is 11.4 Å². The number of hydrogen-bond acceptors (Lipinski definition) is 5. The van der Waals surface area contributed by atoms with Gasteiger partial charge < -0.3 is 15.0 Å². The first-order chi connectivity index (χ1) is 12.6. The van der Waals surface area contributed by atoms with Crippen LogP contribution in [0.4, 0.5) is 0 Å². The lowest BCUT2D eigenvalue weighted by atomic mass is 10.1. The summed E-state index contributed by atoms with van der Waals surface area (Å²) in [6.07, 6.45) is 0.986. The number of nitrogens with one attached hydrogen (secondary N) is 2. The highest BCUT2D eigenvalue weighted by molar-refractivity contribution is 5.79. The number of rotatable bonds is 6. The van der Waals surface area contributed by atoms with Crippen molar-refractivity contribution in [2.24, 2.45) is 0 Å². The monoisotopic (exact) mass is 357 g/mol. The topological polar surface area (TPSA) is 100 Å². The number of carbonyl (C=O) groups excluding carboxylic acids is 2. The third kappa shape index (κ3) is 3.91. The average molecular weight is 357 g/mol. The molecule has 0 spiro atoms. The maximum absolute atomic E-state index is 12.4. The maximum Gasteiger partial charge on any atom is 0.246 e. The highest BCUT2D eigenvalue weighted by Gasteiger charge is 2.38. The minimum absolute atomic E-state index is 0.00333. The van der Waals surface area contributed by atoms with E-state index in [2.05, 4.69) is 20.5 Å². The van der Waals surface area contributed by atoms with Gasteiger partial charge in [0.25, 0.3) is 0 Å². The van der Waals surface area contributed by atoms with Crippen molar-refractivity contribution in [2.45, 2.75) is 31.8 Å². The second-order valence-corrected chi connectivity index (χ2v) is 6.26. The third-order valence-electron chi connectivity index (χ3n) is 4.41. The molecule has 8 nitrogen and oxygen atoms in total. The number of benzene rings is 1. The van der Waals surface area contributed by atoms with Crippen molar-refractivity contribution in [3.63, 3.8) is 0 Å². The normalized spacial score (nSPS) is 19.5. The van der Waals surface area contributed by atoms with Gasteiger partial charge >= 0.3 is 0 Å². The number of aromatic amines is 1. The molecule has 0 radical (unpaired) electrons. The molecule has 1 aromatic heterocycles. The fraction of sp³-hybridized carbons (Fsp3) is 0.444. The van der Waals surface area contributed by atoms with Gasteiger partial charge in [-0.1, -0.05) is 37.3 Å². The van der Waals surface area contributed by atoms with Crippen LogP contribution >= 0.6 is 0 Å². The van der Waals surface area contributed by atoms with Crippen LogP contribution in [0.2, 0.25) is 0 Å². The molecule has 0 bridgehead atoms. The second kappa shape index (κ2) is 8.09. The lowest BCUT2D eigenvalue weighted by Crippen LogP contribution is -2.40. The van der Waals surface area contributed by atoms with Crippen LogP contribution in [0.15, 0.2) is 30.3 Å². The Labute approximate surface area is 151 Å². The van der Waals surface area contributed by atoms with Gasteiger partial charge in [-0.15, -0.1) is 0 Å². The van der Waals surface area contributed by atoms with Crippen LogP contribution in [0.5, 0.6) is 0 Å². The van der Waals surface area contributed by atoms with Crippen LogP contribution < -0.4 is 5.32 Å². The van der Waals surface area contributed by atoms with Crippen LogP contribution in [-0.4, -0.2) is 58.2 Å². The highest BCUT2D eigenvalue weighted by Crippen LogP contribution is 2.31. The molecule has 2 aromatic rings. The first kappa shape index (κ1) is 18.1. The molecule has 3 rings (SSSR count). The summed E-state index contributed by atoms with van der Waals surface area (Å²) < 4.78 is 4.85. The predicted octanol–water partition coefficient (Wildman–Crippen LogP) is 1.29. The zero-order valence-electron chi connectivity index (χ0n) is 14.9. The Morgan fingerprint density at radius 2 is 2.12 bits per heavy atom. The van der Waals surface area contributed by atoms with Gasteiger partial charge in [0.05, 0.1) is 6.04 Å². The van der Waals surface area contributed by atoms with Crippen molar-refractivity contribution in [1.82, 2.24) is 25.4 Å². The lowest BCUT2D eigenvalue weighted by Gasteiger charge is -2.22. The summed E-state index contributed by atoms with van der Waals surface area (Å²) >= 11 is 0. The van der Waals surface area contributed by atoms with Gasteiger partial charge in [-0.25, -0.2) is 4.98 Å². The molecule has 2 N–H and O–H groups in total. The number of likely N-dealkylation sites (tertiary alicyclic amines) is 1. The molecule has 1 aromatic carbocycles. The number of aromatic nitrogens is 3. The molecule has 138 valence electrons. The number of amides is 2. The van der Waals surface area contributed by atoms with Crippen molar-refractivity contribution < 1.29 is 14.3 Å². The minimum atomic E-state index is -0.236. The van der Waals surface area contributed by atoms with Gasteiger partial charge in [-0.2, -0.15) is 5.10 Å². The lowest BCUT2D eigenvalue weighted by molar-refractivity contribution is -0.132. The van der Waals surface area contributed by atoms with E-state index >= 15 is 0 Å². The molecule has 2 atom stereocenters. The van der Waals surface area contributed by atoms with Crippen LogP contribution in [0, 0.1) is 0 Å². The standard InChI is InChI=1S/C18H23N5O3/c1-3-16(25)23-10-13(19-15(24)11-26-2)9-14(23)18-20-17(21-22-18)12-7-5-4-6-8-12/h4-8,13-14H,3,9-11H2,1-2H3,(H,19,24)(H,20,21,22)/t13-,14-/m0/s1. The van der Waals surface area contributed by atoms with Gasteiger partial charge in [-0.05, 0) is 6.42 Å². The summed E-state index contributed by atoms with van der Waals surface area (Å²) in [5.41, 5.74) is 0.909. The van der Waals surface area contributed by atoms with Gasteiger partial charge in [0.15, 0.2) is 5.82 Å². The Hall–Kier alpha value is -2.74. The van der Waals surface area contributed by atoms with Gasteiger partial charge in [0.1, 0.15) is 12.4 Å². The first-order valence-electron chi connectivity index (χ1n) is 8.67. The number of nitrogens with zero attached hydrogens (tertiary/aromatic N) is 3. The molecule has 2 heterocycles. The van der Waals surface area contributed by atoms with E-state index < -0.39 is 0 Å². The van der Waals surface area contributed by atoms with Gasteiger partial charge in [-0.3, -0.25) is 14.7 Å². The Kier molecular flexibility index (Phi) is 5.62. The second-order valence-electron chi connectivity index (χ2n) is 6.26. The zero-order valence-corrected chi connectivity index (χ0v) is 14.9. The maximum atomic E-state index is 12.4. The molecule has 0 aliphatic carbocycles. The average Bonchev–Trinajstić information content (AvgIpc) is 3.29. The number of H-pyrrole nitrogens is 1. The quantitative estimate of drug-likeness (QED) is 0.811. The smallest absolute Gasteiger partial charge is 0.246 e. The van der Waals surface area contributed by atoms with Crippen LogP contribution in [0.1, 0.15) is 31.6 Å². The molecule has 0 saturated carbocycles. The van der Waals surface area contributed by atoms with Crippen molar-refractivity contribution in [3.05, 3.63) is 36.2 Å². The van der Waals surface area contributed by atoms with Crippen LogP contribution in [0.25, 0.3) is 11.4 Å². The predicted molar refractivity (Wildman–Crippen MR) is 95.0 cm³/mol. The SMILES string of the molecule is CCC(=O)N1C[C@@H](NC(=O)COC)C[C@H]1c1nc(-c2ccccc2)n[nH]1. The Bertz CT molecular complexity index is 761. The van der Waals surface area contributed by atoms with E-state index in [1.165, 1.54) is 7.11 Å². The summed E-state index contributed by atoms with van der Waals surface area (Å²) in [5.74, 6) is 1.06. The van der Waals surface area contributed by atoms with E-state index in [4.69, 9.17) is 4.74 Å². The summed E-state index contributed by atoms with van der Waals surface area (Å²) in [7, 11) is 1.48. The zero-order chi connectivity index (χ0) is 18.5. The van der Waals surface area contributed by atoms with Crippen molar-refractivity contribution in [1.29, 1.82) is 0 Å². The van der Waals surface area contributed by atoms with Crippen molar-refractivity contribution >= 4 is 11.8 Å². The van der Waals surface area contributed by atoms with E-state index in [1.807, 2.05) is 37.3 Å². The Morgan fingerprint density at radius 3 is 2.81 bits per heavy atom. The molecule has 1 saturated heterocycles. The van der Waals surface area contributed by atoms with E-state index in [-0.39, 0.29) is 30.5 Å². The number of methoxy groups -OCH3 is 1. The van der Waals surface area contributed by atoms with Gasteiger partial charge in [0.2, 0.25) is 11.8 Å². The van der Waals surface area contributed by atoms with Crippen molar-refractivity contribution in [2.75, 3.05) is 20.3 Å². The molecular weight excluding hydrogens is 334 g/mol. The van der Waals surface area contributed by atoms with Crippen LogP contribution in [0.3, 0.4) is 0 Å². The van der Waals surface area contributed by atoms with Crippen LogP contribution in [-0.2, 0) is 14.3 Å². The van der Waals surface area contributed by atoms with E-state index in [9.17, 15) is 9.59 Å². The number of hydrogen-bond donors (Lipinski definition) is 2. The fourth-order valence-corrected chi connectivity index (χ4v) is 3.22. The Balaban J connectivity index is 1.79. The first-order valence-corrected chi connectivity index (χ1v) is 8.67. The summed E-state index contributed by atoms with van der Waals surface area (Å²) in [5, 5.41) is 10.2. The van der Waals surface area contributed by atoms with E-state index in [0.29, 0.717) is 31.0 Å². The highest BCUT2D eigenvalue weighted by atomic mass is 16.5. The Morgan fingerprint density at radius 1 is 1.35 bits per heavy atom. The molecular formula is C18H23N5O3. The molecule has 2 amide bonds. The molecule has 0 unspecified atom stereocenters. The minimum Gasteiger partial charge on any atom is -0.375 e. The fourth-order valence-electron chi connectivity index (χ4n) is 3.22. The van der Waals surface area contributed by atoms with Gasteiger partial charge in [0, 0.05) is 31.7 Å². The summed E-state index contributed by atoms with van der Waals surface area (Å²) in [6.45, 7) is 2.28. The largest absolute Gasteiger partial charge is 0.375 e. The third-order valence-corrected chi connectivity index (χ3v) is 4.41. The van der Waals surface area contributed by atoms with E-state index in [0.717, 1.165) is 5.56 Å². The molecule has 26 heavy (non-hydrogen) atoms. The molecule has 1 aliphatic heterocycles. The molecule has 1 fully saturated rings. The van der Waals surface area contributed by atoms with E-state index in [1.54, 1.807) is 4.90 Å².